The van der Waals surface area contributed by atoms with Crippen LogP contribution in [0.1, 0.15) is 80.6 Å². The zero-order valence-electron chi connectivity index (χ0n) is 23.5. The van der Waals surface area contributed by atoms with Crippen LogP contribution in [0.25, 0.3) is 0 Å². The first kappa shape index (κ1) is 34.0. The third-order valence-electron chi connectivity index (χ3n) is 6.11. The van der Waals surface area contributed by atoms with Crippen LogP contribution in [0.3, 0.4) is 0 Å². The Morgan fingerprint density at radius 1 is 1.17 bits per heavy atom. The first-order valence-corrected chi connectivity index (χ1v) is 17.5. The molecule has 0 aliphatic heterocycles. The molecule has 6 nitrogen and oxygen atoms in total. The van der Waals surface area contributed by atoms with Crippen LogP contribution in [0.2, 0.25) is 18.1 Å². The molecule has 0 aromatic carbocycles. The van der Waals surface area contributed by atoms with Crippen molar-refractivity contribution in [2.24, 2.45) is 11.8 Å². The molecule has 1 saturated carbocycles. The summed E-state index contributed by atoms with van der Waals surface area (Å²) in [4.78, 5) is 21.8. The monoisotopic (exact) mass is 528 g/mol. The smallest absolute Gasteiger partial charge is 0.334 e. The van der Waals surface area contributed by atoms with E-state index in [0.717, 1.165) is 25.0 Å². The average Bonchev–Trinajstić information content (AvgIpc) is 3.55. The number of rotatable bonds is 14. The van der Waals surface area contributed by atoms with Crippen molar-refractivity contribution in [1.82, 2.24) is 0 Å². The minimum Gasteiger partial charge on any atom is -0.407 e. The number of carbonyl (C=O) groups excluding carboxylic acids is 2. The second-order valence-electron chi connectivity index (χ2n) is 10.7. The average molecular weight is 529 g/mol. The van der Waals surface area contributed by atoms with Crippen LogP contribution in [0.4, 0.5) is 0 Å². The van der Waals surface area contributed by atoms with E-state index in [1.54, 1.807) is 32.9 Å². The predicted molar refractivity (Wildman–Crippen MR) is 147 cm³/mol. The molecule has 0 heterocycles. The maximum atomic E-state index is 12.1. The molecular formula is C27H49O6PSi. The SMILES string of the molecule is CC(C)(C)[Si](C)(C)O[C@@H](C=O)CC1CC1.CCOP(=O)(C/C=C/C#C[C@@H](C)CCC(C)=O)OCC. The third-order valence-corrected chi connectivity index (χ3v) is 12.6. The van der Waals surface area contributed by atoms with Gasteiger partial charge in [-0.2, -0.15) is 0 Å². The Hall–Kier alpha value is -1.03. The van der Waals surface area contributed by atoms with E-state index in [1.807, 2.05) is 6.92 Å². The summed E-state index contributed by atoms with van der Waals surface area (Å²) in [5.41, 5.74) is 0. The van der Waals surface area contributed by atoms with Crippen molar-refractivity contribution in [3.05, 3.63) is 12.2 Å². The lowest BCUT2D eigenvalue weighted by Crippen LogP contribution is -2.44. The van der Waals surface area contributed by atoms with E-state index >= 15 is 0 Å². The molecule has 1 rings (SSSR count). The van der Waals surface area contributed by atoms with Gasteiger partial charge in [-0.3, -0.25) is 4.57 Å². The molecule has 0 amide bonds. The molecule has 8 heteroatoms. The van der Waals surface area contributed by atoms with Gasteiger partial charge in [-0.05, 0) is 63.7 Å². The van der Waals surface area contributed by atoms with Gasteiger partial charge in [0.1, 0.15) is 18.2 Å². The van der Waals surface area contributed by atoms with Crippen molar-refractivity contribution in [2.45, 2.75) is 105 Å². The summed E-state index contributed by atoms with van der Waals surface area (Å²) >= 11 is 0. The van der Waals surface area contributed by atoms with Crippen molar-refractivity contribution < 1.29 is 27.6 Å². The molecule has 0 unspecified atom stereocenters. The first-order chi connectivity index (χ1) is 16.2. The Morgan fingerprint density at radius 3 is 2.17 bits per heavy atom. The van der Waals surface area contributed by atoms with Gasteiger partial charge in [0.15, 0.2) is 8.32 Å². The molecule has 0 spiro atoms. The Bertz CT molecular complexity index is 761. The molecule has 0 N–H and O–H groups in total. The number of aldehydes is 1. The quantitative estimate of drug-likeness (QED) is 0.103. The van der Waals surface area contributed by atoms with Crippen molar-refractivity contribution in [2.75, 3.05) is 19.4 Å². The fourth-order valence-electron chi connectivity index (χ4n) is 2.83. The Balaban J connectivity index is 0.000000686. The van der Waals surface area contributed by atoms with Crippen LogP contribution in [-0.4, -0.2) is 45.9 Å². The van der Waals surface area contributed by atoms with Crippen LogP contribution in [0.15, 0.2) is 12.2 Å². The lowest BCUT2D eigenvalue weighted by atomic mass is 10.0. The van der Waals surface area contributed by atoms with Gasteiger partial charge in [-0.25, -0.2) is 0 Å². The summed E-state index contributed by atoms with van der Waals surface area (Å²) in [7, 11) is -4.77. The Kier molecular flexibility index (Phi) is 16.2. The van der Waals surface area contributed by atoms with Gasteiger partial charge in [-0.15, -0.1) is 0 Å². The zero-order valence-corrected chi connectivity index (χ0v) is 25.4. The van der Waals surface area contributed by atoms with Gasteiger partial charge < -0.3 is 23.1 Å². The minimum atomic E-state index is -3.01. The summed E-state index contributed by atoms with van der Waals surface area (Å²) < 4.78 is 28.5. The van der Waals surface area contributed by atoms with Gasteiger partial charge >= 0.3 is 7.60 Å². The molecule has 202 valence electrons. The van der Waals surface area contributed by atoms with Gasteiger partial charge in [0.2, 0.25) is 0 Å². The van der Waals surface area contributed by atoms with Crippen LogP contribution in [-0.2, 0) is 27.6 Å². The maximum absolute atomic E-state index is 12.1. The summed E-state index contributed by atoms with van der Waals surface area (Å²) in [5.74, 6) is 7.03. The third kappa shape index (κ3) is 16.4. The minimum absolute atomic E-state index is 0.154. The van der Waals surface area contributed by atoms with Gasteiger partial charge in [0.05, 0.1) is 19.4 Å². The molecule has 35 heavy (non-hydrogen) atoms. The molecule has 0 saturated heterocycles. The fraction of sp³-hybridized carbons (Fsp3) is 0.778. The highest BCUT2D eigenvalue weighted by molar-refractivity contribution is 7.54. The summed E-state index contributed by atoms with van der Waals surface area (Å²) in [6.45, 7) is 18.9. The number of hydrogen-bond acceptors (Lipinski definition) is 6. The number of Topliss-reactive ketones (excluding diaryl/α,β-unsaturated/α-hetero) is 1. The summed E-state index contributed by atoms with van der Waals surface area (Å²) in [5, 5.41) is 0.192. The van der Waals surface area contributed by atoms with Gasteiger partial charge in [-0.1, -0.05) is 58.5 Å². The van der Waals surface area contributed by atoms with Crippen LogP contribution in [0.5, 0.6) is 0 Å². The summed E-state index contributed by atoms with van der Waals surface area (Å²) in [6, 6.07) is 0. The van der Waals surface area contributed by atoms with E-state index in [-0.39, 0.29) is 29.0 Å². The van der Waals surface area contributed by atoms with Gasteiger partial charge in [0.25, 0.3) is 0 Å². The highest BCUT2D eigenvalue weighted by Gasteiger charge is 2.40. The second-order valence-corrected chi connectivity index (χ2v) is 17.6. The molecule has 2 atom stereocenters. The van der Waals surface area contributed by atoms with E-state index in [9.17, 15) is 14.2 Å². The number of hydrogen-bond donors (Lipinski definition) is 0. The molecule has 0 aromatic rings. The molecule has 0 aromatic heterocycles. The van der Waals surface area contributed by atoms with Gasteiger partial charge in [0, 0.05) is 12.3 Å². The fourth-order valence-corrected chi connectivity index (χ4v) is 5.53. The molecule has 1 aliphatic carbocycles. The van der Waals surface area contributed by atoms with Crippen LogP contribution >= 0.6 is 7.60 Å². The topological polar surface area (TPSA) is 78.9 Å². The van der Waals surface area contributed by atoms with E-state index in [1.165, 1.54) is 12.8 Å². The molecule has 0 bridgehead atoms. The normalized spacial score (nSPS) is 16.0. The number of carbonyl (C=O) groups is 2. The Labute approximate surface area is 215 Å². The lowest BCUT2D eigenvalue weighted by Gasteiger charge is -2.38. The zero-order chi connectivity index (χ0) is 27.1. The van der Waals surface area contributed by atoms with E-state index in [4.69, 9.17) is 13.5 Å². The maximum Gasteiger partial charge on any atom is 0.334 e. The number of allylic oxidation sites excluding steroid dienone is 2. The largest absolute Gasteiger partial charge is 0.407 e. The highest BCUT2D eigenvalue weighted by atomic mass is 31.2. The Morgan fingerprint density at radius 2 is 1.74 bits per heavy atom. The van der Waals surface area contributed by atoms with Crippen LogP contribution < -0.4 is 0 Å². The van der Waals surface area contributed by atoms with Crippen molar-refractivity contribution in [1.29, 1.82) is 0 Å². The van der Waals surface area contributed by atoms with E-state index in [2.05, 4.69) is 45.7 Å². The molecular weight excluding hydrogens is 479 g/mol. The first-order valence-electron chi connectivity index (χ1n) is 12.9. The van der Waals surface area contributed by atoms with E-state index in [0.29, 0.717) is 19.6 Å². The molecule has 1 aliphatic rings. The molecule has 1 fully saturated rings. The number of ketones is 1. The predicted octanol–water partition coefficient (Wildman–Crippen LogP) is 7.19. The lowest BCUT2D eigenvalue weighted by molar-refractivity contribution is -0.117. The van der Waals surface area contributed by atoms with Crippen molar-refractivity contribution in [3.63, 3.8) is 0 Å². The van der Waals surface area contributed by atoms with Crippen molar-refractivity contribution >= 4 is 28.0 Å². The van der Waals surface area contributed by atoms with Crippen molar-refractivity contribution in [3.8, 4) is 11.8 Å². The van der Waals surface area contributed by atoms with E-state index < -0.39 is 15.9 Å². The van der Waals surface area contributed by atoms with Crippen LogP contribution in [0, 0.1) is 23.7 Å². The highest BCUT2D eigenvalue weighted by Crippen LogP contribution is 2.47. The summed E-state index contributed by atoms with van der Waals surface area (Å²) in [6.07, 6.45) is 9.27. The molecule has 0 radical (unpaired) electrons. The standard InChI is InChI=1S/C15H25O4P.C12H24O2Si/c1-5-18-20(17,19-6-2)13-9-7-8-10-14(3)11-12-15(4)16;1-12(2,3)15(4,5)14-11(9-13)8-10-6-7-10/h7,9,14H,5-6,11-13H2,1-4H3;9-11H,6-8H2,1-5H3/b9-7+;/t14-;11-/m11/s1. The second kappa shape index (κ2) is 16.7.